The van der Waals surface area contributed by atoms with Crippen molar-refractivity contribution in [3.63, 3.8) is 0 Å². The molecule has 1 fully saturated rings. The van der Waals surface area contributed by atoms with E-state index in [9.17, 15) is 13.2 Å². The average Bonchev–Trinajstić information content (AvgIpc) is 3.19. The maximum atomic E-state index is 12.8. The monoisotopic (exact) mass is 425 g/mol. The fourth-order valence-corrected chi connectivity index (χ4v) is 4.71. The van der Waals surface area contributed by atoms with E-state index < -0.39 is 10.0 Å². The van der Waals surface area contributed by atoms with Crippen molar-refractivity contribution in [3.05, 3.63) is 48.0 Å². The number of amides is 1. The zero-order valence-electron chi connectivity index (χ0n) is 15.6. The van der Waals surface area contributed by atoms with Crippen molar-refractivity contribution in [2.24, 2.45) is 0 Å². The summed E-state index contributed by atoms with van der Waals surface area (Å²) in [7, 11) is -2.18. The lowest BCUT2D eigenvalue weighted by Gasteiger charge is -2.18. The molecule has 0 atom stereocenters. The lowest BCUT2D eigenvalue weighted by atomic mass is 10.1. The summed E-state index contributed by atoms with van der Waals surface area (Å²) in [6, 6.07) is 11.7. The van der Waals surface area contributed by atoms with Crippen molar-refractivity contribution in [2.75, 3.05) is 31.2 Å². The Morgan fingerprint density at radius 3 is 2.39 bits per heavy atom. The van der Waals surface area contributed by atoms with Crippen molar-refractivity contribution in [1.29, 1.82) is 0 Å². The quantitative estimate of drug-likeness (QED) is 0.693. The molecule has 1 saturated heterocycles. The first-order chi connectivity index (χ1) is 12.9. The van der Waals surface area contributed by atoms with Gasteiger partial charge in [-0.15, -0.1) is 12.4 Å². The van der Waals surface area contributed by atoms with Crippen molar-refractivity contribution < 1.29 is 17.9 Å². The van der Waals surface area contributed by atoms with E-state index in [0.29, 0.717) is 24.5 Å². The van der Waals surface area contributed by atoms with Crippen molar-refractivity contribution in [3.8, 4) is 5.75 Å². The molecule has 0 saturated carbocycles. The van der Waals surface area contributed by atoms with Crippen LogP contribution in [-0.4, -0.2) is 38.8 Å². The van der Waals surface area contributed by atoms with E-state index >= 15 is 0 Å². The van der Waals surface area contributed by atoms with Crippen molar-refractivity contribution in [1.82, 2.24) is 4.31 Å². The molecule has 1 heterocycles. The van der Waals surface area contributed by atoms with Gasteiger partial charge in [0.15, 0.2) is 0 Å². The van der Waals surface area contributed by atoms with Crippen LogP contribution >= 0.6 is 12.4 Å². The first-order valence-corrected chi connectivity index (χ1v) is 10.2. The summed E-state index contributed by atoms with van der Waals surface area (Å²) in [5.74, 6) is 0.00385. The normalized spacial score (nSPS) is 14.3. The second-order valence-corrected chi connectivity index (χ2v) is 8.35. The fraction of sp³-hybridized carbons (Fsp3) is 0.316. The van der Waals surface area contributed by atoms with E-state index in [1.165, 1.54) is 23.5 Å². The molecular weight excluding hydrogens is 402 g/mol. The first kappa shape index (κ1) is 22.0. The Labute approximate surface area is 171 Å². The molecule has 3 N–H and O–H groups in total. The molecule has 152 valence electrons. The third-order valence-electron chi connectivity index (χ3n) is 4.47. The minimum Gasteiger partial charge on any atom is -0.495 e. The van der Waals surface area contributed by atoms with E-state index in [1.807, 2.05) is 0 Å². The number of carbonyl (C=O) groups is 1. The molecule has 0 aromatic heterocycles. The highest BCUT2D eigenvalue weighted by Crippen LogP contribution is 2.31. The molecule has 2 aromatic carbocycles. The fourth-order valence-electron chi connectivity index (χ4n) is 3.05. The number of nitrogens with zero attached hydrogens (tertiary/aromatic N) is 1. The maximum Gasteiger partial charge on any atom is 0.246 e. The summed E-state index contributed by atoms with van der Waals surface area (Å²) in [5.41, 5.74) is 7.59. The Balaban J connectivity index is 0.00000280. The van der Waals surface area contributed by atoms with Crippen LogP contribution in [0.3, 0.4) is 0 Å². The molecule has 9 heteroatoms. The number of benzene rings is 2. The molecule has 0 bridgehead atoms. The van der Waals surface area contributed by atoms with E-state index in [0.717, 1.165) is 18.4 Å². The number of methoxy groups -OCH3 is 1. The maximum absolute atomic E-state index is 12.8. The molecule has 1 aliphatic rings. The lowest BCUT2D eigenvalue weighted by molar-refractivity contribution is -0.115. The van der Waals surface area contributed by atoms with Crippen LogP contribution in [0.25, 0.3) is 0 Å². The number of halogens is 1. The molecule has 1 aliphatic heterocycles. The molecular formula is C19H24ClN3O4S. The largest absolute Gasteiger partial charge is 0.495 e. The number of nitrogen functional groups attached to an aromatic ring is 1. The van der Waals surface area contributed by atoms with Gasteiger partial charge in [0.2, 0.25) is 15.9 Å². The topological polar surface area (TPSA) is 102 Å². The standard InChI is InChI=1S/C19H23N3O4S.ClH/c1-26-17-13-16(21-19(23)12-14-4-6-15(20)7-5-14)8-9-18(17)27(24,25)22-10-2-3-11-22;/h4-9,13H,2-3,10-12,20H2,1H3,(H,21,23);1H. The summed E-state index contributed by atoms with van der Waals surface area (Å²) in [6.45, 7) is 1.04. The number of nitrogens with two attached hydrogens (primary N) is 1. The van der Waals surface area contributed by atoms with E-state index in [-0.39, 0.29) is 35.4 Å². The first-order valence-electron chi connectivity index (χ1n) is 8.72. The van der Waals surface area contributed by atoms with Gasteiger partial charge in [-0.25, -0.2) is 8.42 Å². The number of anilines is 2. The highest BCUT2D eigenvalue weighted by molar-refractivity contribution is 7.89. The van der Waals surface area contributed by atoms with E-state index in [4.69, 9.17) is 10.5 Å². The second kappa shape index (κ2) is 9.27. The number of ether oxygens (including phenoxy) is 1. The SMILES string of the molecule is COc1cc(NC(=O)Cc2ccc(N)cc2)ccc1S(=O)(=O)N1CCCC1.Cl. The highest BCUT2D eigenvalue weighted by Gasteiger charge is 2.30. The Kier molecular flexibility index (Phi) is 7.29. The summed E-state index contributed by atoms with van der Waals surface area (Å²) in [4.78, 5) is 12.4. The van der Waals surface area contributed by atoms with Gasteiger partial charge in [0.25, 0.3) is 0 Å². The number of rotatable bonds is 6. The summed E-state index contributed by atoms with van der Waals surface area (Å²) < 4.78 is 32.3. The lowest BCUT2D eigenvalue weighted by Crippen LogP contribution is -2.28. The second-order valence-electron chi connectivity index (χ2n) is 6.44. The predicted octanol–water partition coefficient (Wildman–Crippen LogP) is 2.66. The summed E-state index contributed by atoms with van der Waals surface area (Å²) in [6.07, 6.45) is 1.91. The Morgan fingerprint density at radius 2 is 1.79 bits per heavy atom. The van der Waals surface area contributed by atoms with Crippen LogP contribution in [-0.2, 0) is 21.2 Å². The van der Waals surface area contributed by atoms with E-state index in [1.54, 1.807) is 30.3 Å². The van der Waals surface area contributed by atoms with Crippen LogP contribution in [0.15, 0.2) is 47.4 Å². The van der Waals surface area contributed by atoms with Gasteiger partial charge in [-0.2, -0.15) is 4.31 Å². The summed E-state index contributed by atoms with van der Waals surface area (Å²) >= 11 is 0. The zero-order valence-corrected chi connectivity index (χ0v) is 17.2. The van der Waals surface area contributed by atoms with Crippen LogP contribution < -0.4 is 15.8 Å². The summed E-state index contributed by atoms with van der Waals surface area (Å²) in [5, 5.41) is 2.77. The van der Waals surface area contributed by atoms with Gasteiger partial charge in [0, 0.05) is 30.5 Å². The minimum atomic E-state index is -3.60. The molecule has 0 spiro atoms. The molecule has 7 nitrogen and oxygen atoms in total. The number of hydrogen-bond donors (Lipinski definition) is 2. The Hall–Kier alpha value is -2.29. The molecule has 3 rings (SSSR count). The number of carbonyl (C=O) groups excluding carboxylic acids is 1. The molecule has 28 heavy (non-hydrogen) atoms. The smallest absolute Gasteiger partial charge is 0.246 e. The van der Waals surface area contributed by atoms with E-state index in [2.05, 4.69) is 5.32 Å². The van der Waals surface area contributed by atoms with Gasteiger partial charge < -0.3 is 15.8 Å². The average molecular weight is 426 g/mol. The van der Waals surface area contributed by atoms with Crippen LogP contribution in [0.2, 0.25) is 0 Å². The van der Waals surface area contributed by atoms with Crippen molar-refractivity contribution in [2.45, 2.75) is 24.2 Å². The van der Waals surface area contributed by atoms with Crippen molar-refractivity contribution >= 4 is 39.7 Å². The Bertz CT molecular complexity index is 927. The van der Waals surface area contributed by atoms with Crippen LogP contribution in [0.1, 0.15) is 18.4 Å². The number of nitrogens with one attached hydrogen (secondary N) is 1. The third-order valence-corrected chi connectivity index (χ3v) is 6.41. The van der Waals surface area contributed by atoms with Gasteiger partial charge in [-0.3, -0.25) is 4.79 Å². The number of hydrogen-bond acceptors (Lipinski definition) is 5. The van der Waals surface area contributed by atoms with Gasteiger partial charge in [-0.1, -0.05) is 12.1 Å². The molecule has 0 radical (unpaired) electrons. The van der Waals surface area contributed by atoms with Crippen LogP contribution in [0.4, 0.5) is 11.4 Å². The number of sulfonamides is 1. The third kappa shape index (κ3) is 4.95. The zero-order chi connectivity index (χ0) is 19.4. The van der Waals surface area contributed by atoms with Crippen LogP contribution in [0.5, 0.6) is 5.75 Å². The molecule has 2 aromatic rings. The molecule has 1 amide bonds. The molecule has 0 unspecified atom stereocenters. The Morgan fingerprint density at radius 1 is 1.14 bits per heavy atom. The van der Waals surface area contributed by atoms with Gasteiger partial charge in [-0.05, 0) is 42.7 Å². The molecule has 0 aliphatic carbocycles. The van der Waals surface area contributed by atoms with Gasteiger partial charge >= 0.3 is 0 Å². The predicted molar refractivity (Wildman–Crippen MR) is 111 cm³/mol. The minimum absolute atomic E-state index is 0. The van der Waals surface area contributed by atoms with Crippen LogP contribution in [0, 0.1) is 0 Å². The van der Waals surface area contributed by atoms with Gasteiger partial charge in [0.1, 0.15) is 10.6 Å². The van der Waals surface area contributed by atoms with Gasteiger partial charge in [0.05, 0.1) is 13.5 Å². The highest BCUT2D eigenvalue weighted by atomic mass is 35.5.